The Balaban J connectivity index is 1.56. The zero-order valence-corrected chi connectivity index (χ0v) is 12.1. The predicted octanol–water partition coefficient (Wildman–Crippen LogP) is 1.88. The second-order valence-electron chi connectivity index (χ2n) is 4.84. The number of urea groups is 1. The van der Waals surface area contributed by atoms with Gasteiger partial charge in [0.2, 0.25) is 0 Å². The van der Waals surface area contributed by atoms with E-state index < -0.39 is 0 Å². The van der Waals surface area contributed by atoms with E-state index in [1.165, 1.54) is 0 Å². The fraction of sp³-hybridized carbons (Fsp3) is 0.267. The van der Waals surface area contributed by atoms with E-state index in [0.29, 0.717) is 36.2 Å². The molecule has 22 heavy (non-hydrogen) atoms. The van der Waals surface area contributed by atoms with Crippen molar-refractivity contribution >= 4 is 11.7 Å². The molecule has 0 fully saturated rings. The maximum absolute atomic E-state index is 11.9. The molecule has 1 aliphatic heterocycles. The molecule has 114 valence electrons. The van der Waals surface area contributed by atoms with Crippen LogP contribution in [0.25, 0.3) is 0 Å². The zero-order chi connectivity index (χ0) is 15.4. The number of nitrogens with zero attached hydrogens (tertiary/aromatic N) is 2. The lowest BCUT2D eigenvalue weighted by Gasteiger charge is -2.19. The molecule has 1 aliphatic rings. The van der Waals surface area contributed by atoms with Gasteiger partial charge in [-0.25, -0.2) is 14.8 Å². The monoisotopic (exact) mass is 300 g/mol. The number of nitrogens with one attached hydrogen (secondary N) is 2. The van der Waals surface area contributed by atoms with E-state index in [2.05, 4.69) is 20.6 Å². The molecular formula is C15H16N4O3. The molecule has 1 aromatic carbocycles. The summed E-state index contributed by atoms with van der Waals surface area (Å²) in [6.45, 7) is 3.21. The minimum absolute atomic E-state index is 0.261. The SMILES string of the molecule is Cc1cnc(CNC(=O)Nc2ccc3c(c2)OCCO3)nc1. The van der Waals surface area contributed by atoms with Crippen molar-refractivity contribution in [2.75, 3.05) is 18.5 Å². The summed E-state index contributed by atoms with van der Waals surface area (Å²) in [5.74, 6) is 1.87. The van der Waals surface area contributed by atoms with Crippen molar-refractivity contribution in [2.24, 2.45) is 0 Å². The van der Waals surface area contributed by atoms with Gasteiger partial charge in [0, 0.05) is 24.1 Å². The summed E-state index contributed by atoms with van der Waals surface area (Å²) in [5, 5.41) is 5.43. The fourth-order valence-corrected chi connectivity index (χ4v) is 1.97. The number of carbonyl (C=O) groups excluding carboxylic acids is 1. The van der Waals surface area contributed by atoms with E-state index in [4.69, 9.17) is 9.47 Å². The van der Waals surface area contributed by atoms with E-state index in [1.54, 1.807) is 30.6 Å². The van der Waals surface area contributed by atoms with Crippen molar-refractivity contribution in [1.29, 1.82) is 0 Å². The number of anilines is 1. The van der Waals surface area contributed by atoms with Crippen LogP contribution in [-0.2, 0) is 6.54 Å². The molecular weight excluding hydrogens is 284 g/mol. The Hall–Kier alpha value is -2.83. The Labute approximate surface area is 127 Å². The van der Waals surface area contributed by atoms with Crippen LogP contribution in [0.4, 0.5) is 10.5 Å². The van der Waals surface area contributed by atoms with Gasteiger partial charge in [0.25, 0.3) is 0 Å². The van der Waals surface area contributed by atoms with Gasteiger partial charge in [-0.2, -0.15) is 0 Å². The van der Waals surface area contributed by atoms with Gasteiger partial charge in [-0.3, -0.25) is 0 Å². The number of carbonyl (C=O) groups is 1. The standard InChI is InChI=1S/C15H16N4O3/c1-10-7-16-14(17-8-10)9-18-15(20)19-11-2-3-12-13(6-11)22-5-4-21-12/h2-3,6-8H,4-5,9H2,1H3,(H2,18,19,20). The Kier molecular flexibility index (Phi) is 4.04. The number of hydrogen-bond donors (Lipinski definition) is 2. The second kappa shape index (κ2) is 6.30. The summed E-state index contributed by atoms with van der Waals surface area (Å²) in [7, 11) is 0. The molecule has 1 aromatic heterocycles. The van der Waals surface area contributed by atoms with Gasteiger partial charge >= 0.3 is 6.03 Å². The zero-order valence-electron chi connectivity index (χ0n) is 12.1. The first-order valence-electron chi connectivity index (χ1n) is 6.93. The lowest BCUT2D eigenvalue weighted by molar-refractivity contribution is 0.171. The molecule has 0 radical (unpaired) electrons. The summed E-state index contributed by atoms with van der Waals surface area (Å²) in [6.07, 6.45) is 3.42. The van der Waals surface area contributed by atoms with Gasteiger partial charge in [0.05, 0.1) is 6.54 Å². The van der Waals surface area contributed by atoms with Crippen LogP contribution in [-0.4, -0.2) is 29.2 Å². The van der Waals surface area contributed by atoms with Crippen LogP contribution in [0.1, 0.15) is 11.4 Å². The number of fused-ring (bicyclic) bond motifs is 1. The maximum atomic E-state index is 11.9. The quantitative estimate of drug-likeness (QED) is 0.904. The van der Waals surface area contributed by atoms with Crippen molar-refractivity contribution in [2.45, 2.75) is 13.5 Å². The number of aryl methyl sites for hydroxylation is 1. The van der Waals surface area contributed by atoms with Crippen molar-refractivity contribution in [3.63, 3.8) is 0 Å². The van der Waals surface area contributed by atoms with E-state index in [-0.39, 0.29) is 12.6 Å². The number of rotatable bonds is 3. The molecule has 0 unspecified atom stereocenters. The third-order valence-electron chi connectivity index (χ3n) is 3.04. The number of hydrogen-bond acceptors (Lipinski definition) is 5. The number of ether oxygens (including phenoxy) is 2. The van der Waals surface area contributed by atoms with Crippen molar-refractivity contribution in [3.05, 3.63) is 42.0 Å². The second-order valence-corrected chi connectivity index (χ2v) is 4.84. The Bertz CT molecular complexity index is 673. The first kappa shape index (κ1) is 14.1. The van der Waals surface area contributed by atoms with E-state index in [1.807, 2.05) is 6.92 Å². The minimum Gasteiger partial charge on any atom is -0.486 e. The van der Waals surface area contributed by atoms with Crippen LogP contribution < -0.4 is 20.1 Å². The summed E-state index contributed by atoms with van der Waals surface area (Å²) in [4.78, 5) is 20.1. The van der Waals surface area contributed by atoms with Crippen LogP contribution in [0.2, 0.25) is 0 Å². The highest BCUT2D eigenvalue weighted by Gasteiger charge is 2.12. The lowest BCUT2D eigenvalue weighted by Crippen LogP contribution is -2.29. The molecule has 2 aromatic rings. The van der Waals surface area contributed by atoms with Gasteiger partial charge in [0.15, 0.2) is 11.5 Å². The van der Waals surface area contributed by atoms with Crippen LogP contribution in [0, 0.1) is 6.92 Å². The topological polar surface area (TPSA) is 85.4 Å². The smallest absolute Gasteiger partial charge is 0.319 e. The van der Waals surface area contributed by atoms with Crippen LogP contribution in [0.5, 0.6) is 11.5 Å². The Morgan fingerprint density at radius 3 is 2.68 bits per heavy atom. The average molecular weight is 300 g/mol. The van der Waals surface area contributed by atoms with Gasteiger partial charge in [-0.1, -0.05) is 0 Å². The normalized spacial score (nSPS) is 12.6. The molecule has 2 heterocycles. The molecule has 0 spiro atoms. The highest BCUT2D eigenvalue weighted by atomic mass is 16.6. The molecule has 7 nitrogen and oxygen atoms in total. The average Bonchev–Trinajstić information content (AvgIpc) is 2.54. The molecule has 2 amide bonds. The van der Waals surface area contributed by atoms with Gasteiger partial charge < -0.3 is 20.1 Å². The van der Waals surface area contributed by atoms with Crippen molar-refractivity contribution in [3.8, 4) is 11.5 Å². The van der Waals surface area contributed by atoms with Crippen molar-refractivity contribution < 1.29 is 14.3 Å². The van der Waals surface area contributed by atoms with Crippen LogP contribution in [0.15, 0.2) is 30.6 Å². The van der Waals surface area contributed by atoms with E-state index in [0.717, 1.165) is 5.56 Å². The molecule has 7 heteroatoms. The van der Waals surface area contributed by atoms with Crippen LogP contribution in [0.3, 0.4) is 0 Å². The Morgan fingerprint density at radius 2 is 1.91 bits per heavy atom. The fourth-order valence-electron chi connectivity index (χ4n) is 1.97. The molecule has 2 N–H and O–H groups in total. The summed E-state index contributed by atoms with van der Waals surface area (Å²) in [5.41, 5.74) is 1.61. The number of amides is 2. The molecule has 0 aliphatic carbocycles. The molecule has 0 saturated heterocycles. The Morgan fingerprint density at radius 1 is 1.18 bits per heavy atom. The predicted molar refractivity (Wildman–Crippen MR) is 80.1 cm³/mol. The number of aromatic nitrogens is 2. The largest absolute Gasteiger partial charge is 0.486 e. The lowest BCUT2D eigenvalue weighted by atomic mass is 10.2. The van der Waals surface area contributed by atoms with Gasteiger partial charge in [0.1, 0.15) is 19.0 Å². The highest BCUT2D eigenvalue weighted by Crippen LogP contribution is 2.32. The molecule has 0 saturated carbocycles. The minimum atomic E-state index is -0.333. The first-order valence-corrected chi connectivity index (χ1v) is 6.93. The summed E-state index contributed by atoms with van der Waals surface area (Å²) in [6, 6.07) is 4.93. The van der Waals surface area contributed by atoms with Crippen molar-refractivity contribution in [1.82, 2.24) is 15.3 Å². The third kappa shape index (κ3) is 3.43. The summed E-state index contributed by atoms with van der Waals surface area (Å²) >= 11 is 0. The first-order chi connectivity index (χ1) is 10.7. The molecule has 3 rings (SSSR count). The highest BCUT2D eigenvalue weighted by molar-refractivity contribution is 5.89. The number of benzene rings is 1. The van der Waals surface area contributed by atoms with Gasteiger partial charge in [-0.05, 0) is 24.6 Å². The van der Waals surface area contributed by atoms with E-state index >= 15 is 0 Å². The van der Waals surface area contributed by atoms with Gasteiger partial charge in [-0.15, -0.1) is 0 Å². The molecule has 0 bridgehead atoms. The maximum Gasteiger partial charge on any atom is 0.319 e. The molecule has 0 atom stereocenters. The van der Waals surface area contributed by atoms with E-state index in [9.17, 15) is 4.79 Å². The summed E-state index contributed by atoms with van der Waals surface area (Å²) < 4.78 is 10.9. The third-order valence-corrected chi connectivity index (χ3v) is 3.04. The van der Waals surface area contributed by atoms with Crippen LogP contribution >= 0.6 is 0 Å².